The van der Waals surface area contributed by atoms with Crippen LogP contribution in [0.5, 0.6) is 11.5 Å². The summed E-state index contributed by atoms with van der Waals surface area (Å²) in [7, 11) is 0. The van der Waals surface area contributed by atoms with Gasteiger partial charge in [-0.05, 0) is 71.1 Å². The molecule has 2 aliphatic heterocycles. The lowest BCUT2D eigenvalue weighted by Crippen LogP contribution is -2.46. The summed E-state index contributed by atoms with van der Waals surface area (Å²) in [5, 5.41) is 0. The van der Waals surface area contributed by atoms with Gasteiger partial charge in [0.1, 0.15) is 0 Å². The molecule has 0 amide bonds. The number of piperazine rings is 1. The fourth-order valence-electron chi connectivity index (χ4n) is 4.29. The monoisotopic (exact) mass is 468 g/mol. The van der Waals surface area contributed by atoms with E-state index in [0.29, 0.717) is 6.79 Å². The van der Waals surface area contributed by atoms with Crippen LogP contribution in [0.3, 0.4) is 0 Å². The van der Waals surface area contributed by atoms with Gasteiger partial charge >= 0.3 is 0 Å². The number of ether oxygens (including phenoxy) is 3. The fourth-order valence-corrected chi connectivity index (χ4v) is 4.29. The van der Waals surface area contributed by atoms with Crippen LogP contribution in [0.4, 0.5) is 0 Å². The number of nitrogens with zero attached hydrogens (tertiary/aromatic N) is 2. The Kier molecular flexibility index (Phi) is 11.2. The van der Waals surface area contributed by atoms with E-state index in [4.69, 9.17) is 14.2 Å². The normalized spacial score (nSPS) is 17.3. The lowest BCUT2D eigenvalue weighted by molar-refractivity contribution is 0.0835. The standard InChI is InChI=1S/C29H44N2O3/c1-24(2)7-5-8-25(3)9-6-10-26(4)13-19-32-20-18-30-14-16-31(17-15-30)22-27-11-12-28-29(21-27)34-23-33-28/h7,9,11-13,21H,5-6,8,10,14-20,22-23H2,1-4H3/b25-9+,26-13+. The van der Waals surface area contributed by atoms with Crippen molar-refractivity contribution in [1.29, 1.82) is 0 Å². The van der Waals surface area contributed by atoms with Crippen molar-refractivity contribution >= 4 is 0 Å². The van der Waals surface area contributed by atoms with Crippen LogP contribution in [0.25, 0.3) is 0 Å². The second kappa shape index (κ2) is 14.3. The van der Waals surface area contributed by atoms with Crippen molar-refractivity contribution in [3.8, 4) is 11.5 Å². The van der Waals surface area contributed by atoms with E-state index in [0.717, 1.165) is 83.2 Å². The molecule has 5 heteroatoms. The average Bonchev–Trinajstić information content (AvgIpc) is 3.28. The van der Waals surface area contributed by atoms with Crippen LogP contribution in [0.15, 0.2) is 53.1 Å². The van der Waals surface area contributed by atoms with E-state index in [2.05, 4.69) is 67.9 Å². The predicted octanol–water partition coefficient (Wildman–Crippen LogP) is 5.97. The van der Waals surface area contributed by atoms with Gasteiger partial charge in [-0.3, -0.25) is 9.80 Å². The highest BCUT2D eigenvalue weighted by Gasteiger charge is 2.18. The minimum atomic E-state index is 0.336. The van der Waals surface area contributed by atoms with E-state index in [1.54, 1.807) is 0 Å². The number of fused-ring (bicyclic) bond motifs is 1. The zero-order chi connectivity index (χ0) is 24.2. The maximum absolute atomic E-state index is 5.90. The Hall–Kier alpha value is -2.08. The molecule has 1 fully saturated rings. The molecule has 5 nitrogen and oxygen atoms in total. The van der Waals surface area contributed by atoms with Crippen LogP contribution >= 0.6 is 0 Å². The lowest BCUT2D eigenvalue weighted by Gasteiger charge is -2.34. The third kappa shape index (κ3) is 9.65. The Morgan fingerprint density at radius 2 is 1.53 bits per heavy atom. The molecular formula is C29H44N2O3. The third-order valence-corrected chi connectivity index (χ3v) is 6.53. The smallest absolute Gasteiger partial charge is 0.231 e. The largest absolute Gasteiger partial charge is 0.454 e. The zero-order valence-electron chi connectivity index (χ0n) is 21.8. The van der Waals surface area contributed by atoms with Crippen LogP contribution in [0.2, 0.25) is 0 Å². The van der Waals surface area contributed by atoms with Crippen LogP contribution in [0, 0.1) is 0 Å². The molecule has 1 saturated heterocycles. The van der Waals surface area contributed by atoms with Crippen LogP contribution in [0.1, 0.15) is 58.9 Å². The van der Waals surface area contributed by atoms with Crippen molar-refractivity contribution in [3.05, 3.63) is 58.7 Å². The molecule has 0 spiro atoms. The maximum atomic E-state index is 5.90. The lowest BCUT2D eigenvalue weighted by atomic mass is 10.1. The summed E-state index contributed by atoms with van der Waals surface area (Å²) in [6.07, 6.45) is 11.5. The summed E-state index contributed by atoms with van der Waals surface area (Å²) in [5.74, 6) is 1.73. The first kappa shape index (κ1) is 26.5. The van der Waals surface area contributed by atoms with E-state index in [9.17, 15) is 0 Å². The minimum absolute atomic E-state index is 0.336. The van der Waals surface area contributed by atoms with Crippen LogP contribution in [-0.4, -0.2) is 62.5 Å². The first-order valence-corrected chi connectivity index (χ1v) is 12.8. The first-order chi connectivity index (χ1) is 16.5. The summed E-state index contributed by atoms with van der Waals surface area (Å²) >= 11 is 0. The van der Waals surface area contributed by atoms with Gasteiger partial charge in [0.15, 0.2) is 11.5 Å². The van der Waals surface area contributed by atoms with Crippen molar-refractivity contribution in [2.75, 3.05) is 52.7 Å². The molecule has 3 rings (SSSR count). The highest BCUT2D eigenvalue weighted by atomic mass is 16.7. The third-order valence-electron chi connectivity index (χ3n) is 6.53. The summed E-state index contributed by atoms with van der Waals surface area (Å²) in [5.41, 5.74) is 5.62. The van der Waals surface area contributed by atoms with Gasteiger partial charge in [-0.15, -0.1) is 0 Å². The molecule has 0 unspecified atom stereocenters. The van der Waals surface area contributed by atoms with Gasteiger partial charge in [0.2, 0.25) is 6.79 Å². The fraction of sp³-hybridized carbons (Fsp3) is 0.586. The van der Waals surface area contributed by atoms with Crippen molar-refractivity contribution in [2.24, 2.45) is 0 Å². The van der Waals surface area contributed by atoms with Gasteiger partial charge in [0.05, 0.1) is 13.2 Å². The van der Waals surface area contributed by atoms with Crippen LogP contribution in [-0.2, 0) is 11.3 Å². The highest BCUT2D eigenvalue weighted by molar-refractivity contribution is 5.44. The average molecular weight is 469 g/mol. The topological polar surface area (TPSA) is 34.2 Å². The molecule has 0 atom stereocenters. The maximum Gasteiger partial charge on any atom is 0.231 e. The number of rotatable bonds is 13. The van der Waals surface area contributed by atoms with Gasteiger partial charge < -0.3 is 14.2 Å². The van der Waals surface area contributed by atoms with Crippen molar-refractivity contribution < 1.29 is 14.2 Å². The van der Waals surface area contributed by atoms with Crippen molar-refractivity contribution in [2.45, 2.75) is 59.9 Å². The van der Waals surface area contributed by atoms with Crippen molar-refractivity contribution in [3.63, 3.8) is 0 Å². The SMILES string of the molecule is CC(C)=CCC/C(C)=C/CC/C(C)=C/COCCN1CCN(Cc2ccc3c(c2)OCO3)CC1. The molecule has 1 aromatic carbocycles. The van der Waals surface area contributed by atoms with Gasteiger partial charge in [-0.25, -0.2) is 0 Å². The Labute approximate surface area is 207 Å². The summed E-state index contributed by atoms with van der Waals surface area (Å²) in [4.78, 5) is 5.02. The van der Waals surface area contributed by atoms with E-state index in [1.807, 2.05) is 6.07 Å². The summed E-state index contributed by atoms with van der Waals surface area (Å²) in [6.45, 7) is 17.0. The van der Waals surface area contributed by atoms with E-state index in [-0.39, 0.29) is 0 Å². The predicted molar refractivity (Wildman–Crippen MR) is 141 cm³/mol. The Bertz CT molecular complexity index is 847. The van der Waals surface area contributed by atoms with Gasteiger partial charge in [0, 0.05) is 39.3 Å². The summed E-state index contributed by atoms with van der Waals surface area (Å²) in [6, 6.07) is 6.28. The molecule has 0 N–H and O–H groups in total. The van der Waals surface area contributed by atoms with Crippen molar-refractivity contribution in [1.82, 2.24) is 9.80 Å². The molecule has 0 bridgehead atoms. The van der Waals surface area contributed by atoms with E-state index in [1.165, 1.54) is 28.7 Å². The molecule has 0 aromatic heterocycles. The van der Waals surface area contributed by atoms with Crippen LogP contribution < -0.4 is 9.47 Å². The second-order valence-electron chi connectivity index (χ2n) is 9.84. The molecule has 34 heavy (non-hydrogen) atoms. The Morgan fingerprint density at radius 1 is 0.853 bits per heavy atom. The number of benzene rings is 1. The highest BCUT2D eigenvalue weighted by Crippen LogP contribution is 2.32. The quantitative estimate of drug-likeness (QED) is 0.263. The van der Waals surface area contributed by atoms with Gasteiger partial charge in [-0.1, -0.05) is 41.0 Å². The molecule has 2 heterocycles. The van der Waals surface area contributed by atoms with E-state index < -0.39 is 0 Å². The molecule has 0 radical (unpaired) electrons. The molecule has 0 saturated carbocycles. The Balaban J connectivity index is 1.22. The molecule has 2 aliphatic rings. The number of hydrogen-bond acceptors (Lipinski definition) is 5. The first-order valence-electron chi connectivity index (χ1n) is 12.8. The van der Waals surface area contributed by atoms with Gasteiger partial charge in [-0.2, -0.15) is 0 Å². The van der Waals surface area contributed by atoms with Gasteiger partial charge in [0.25, 0.3) is 0 Å². The zero-order valence-corrected chi connectivity index (χ0v) is 21.8. The molecule has 0 aliphatic carbocycles. The molecule has 1 aromatic rings. The molecular weight excluding hydrogens is 424 g/mol. The molecule has 188 valence electrons. The number of hydrogen-bond donors (Lipinski definition) is 0. The number of allylic oxidation sites excluding steroid dienone is 5. The minimum Gasteiger partial charge on any atom is -0.454 e. The Morgan fingerprint density at radius 3 is 2.29 bits per heavy atom. The van der Waals surface area contributed by atoms with E-state index >= 15 is 0 Å². The second-order valence-corrected chi connectivity index (χ2v) is 9.84. The summed E-state index contributed by atoms with van der Waals surface area (Å²) < 4.78 is 16.8.